The van der Waals surface area contributed by atoms with Crippen molar-refractivity contribution in [3.63, 3.8) is 0 Å². The first-order chi connectivity index (χ1) is 10.9. The van der Waals surface area contributed by atoms with E-state index in [1.807, 2.05) is 27.0 Å². The molecule has 0 aromatic carbocycles. The minimum atomic E-state index is -0.386. The Morgan fingerprint density at radius 1 is 1.52 bits per heavy atom. The van der Waals surface area contributed by atoms with E-state index in [-0.39, 0.29) is 30.3 Å². The van der Waals surface area contributed by atoms with Crippen molar-refractivity contribution in [2.24, 2.45) is 4.99 Å². The number of carbonyl (C=O) groups is 1. The first-order valence-electron chi connectivity index (χ1n) is 7.29. The Morgan fingerprint density at radius 3 is 2.87 bits per heavy atom. The van der Waals surface area contributed by atoms with E-state index in [0.29, 0.717) is 11.6 Å². The molecule has 0 radical (unpaired) electrons. The van der Waals surface area contributed by atoms with E-state index in [0.717, 1.165) is 6.42 Å². The third-order valence-corrected chi connectivity index (χ3v) is 3.11. The Hall–Kier alpha value is -2.66. The number of amides is 1. The lowest BCUT2D eigenvalue weighted by atomic mass is 10.0. The Morgan fingerprint density at radius 2 is 2.26 bits per heavy atom. The maximum atomic E-state index is 11.8. The minimum Gasteiger partial charge on any atom is -0.395 e. The highest BCUT2D eigenvalue weighted by Gasteiger charge is 2.15. The maximum Gasteiger partial charge on any atom is 0.270 e. The number of hydrogen-bond acceptors (Lipinski definition) is 5. The SMILES string of the molecule is CCC(C)(C)N=C(NC#N)Nc1ccnc(C(=O)NCCO)c1. The van der Waals surface area contributed by atoms with Gasteiger partial charge in [0.15, 0.2) is 6.19 Å². The summed E-state index contributed by atoms with van der Waals surface area (Å²) in [7, 11) is 0. The van der Waals surface area contributed by atoms with Crippen molar-refractivity contribution in [1.29, 1.82) is 5.26 Å². The monoisotopic (exact) mass is 318 g/mol. The van der Waals surface area contributed by atoms with E-state index in [9.17, 15) is 4.79 Å². The molecule has 124 valence electrons. The third kappa shape index (κ3) is 6.32. The van der Waals surface area contributed by atoms with Gasteiger partial charge in [-0.1, -0.05) is 6.92 Å². The van der Waals surface area contributed by atoms with Gasteiger partial charge in [0.2, 0.25) is 5.96 Å². The number of aromatic nitrogens is 1. The summed E-state index contributed by atoms with van der Waals surface area (Å²) in [6.45, 7) is 5.93. The van der Waals surface area contributed by atoms with Gasteiger partial charge >= 0.3 is 0 Å². The Balaban J connectivity index is 2.93. The van der Waals surface area contributed by atoms with Crippen LogP contribution >= 0.6 is 0 Å². The molecule has 0 bridgehead atoms. The number of aliphatic imine (C=N–C) groups is 1. The molecule has 8 nitrogen and oxygen atoms in total. The fourth-order valence-corrected chi connectivity index (χ4v) is 1.55. The van der Waals surface area contributed by atoms with Crippen LogP contribution in [0.3, 0.4) is 0 Å². The van der Waals surface area contributed by atoms with Crippen LogP contribution in [0.4, 0.5) is 5.69 Å². The van der Waals surface area contributed by atoms with Crippen LogP contribution in [0, 0.1) is 11.5 Å². The van der Waals surface area contributed by atoms with Crippen LogP contribution in [0.15, 0.2) is 23.3 Å². The van der Waals surface area contributed by atoms with E-state index in [4.69, 9.17) is 10.4 Å². The van der Waals surface area contributed by atoms with Gasteiger partial charge in [0, 0.05) is 18.4 Å². The second kappa shape index (κ2) is 8.70. The molecule has 0 saturated carbocycles. The highest BCUT2D eigenvalue weighted by Crippen LogP contribution is 2.14. The van der Waals surface area contributed by atoms with Crippen LogP contribution in [-0.4, -0.2) is 40.6 Å². The molecular formula is C15H22N6O2. The first-order valence-corrected chi connectivity index (χ1v) is 7.29. The zero-order valence-electron chi connectivity index (χ0n) is 13.6. The summed E-state index contributed by atoms with van der Waals surface area (Å²) in [4.78, 5) is 20.3. The van der Waals surface area contributed by atoms with E-state index in [1.54, 1.807) is 12.1 Å². The van der Waals surface area contributed by atoms with Gasteiger partial charge in [-0.15, -0.1) is 0 Å². The summed E-state index contributed by atoms with van der Waals surface area (Å²) in [5, 5.41) is 25.6. The topological polar surface area (TPSA) is 122 Å². The van der Waals surface area contributed by atoms with E-state index >= 15 is 0 Å². The molecule has 0 atom stereocenters. The molecular weight excluding hydrogens is 296 g/mol. The molecule has 1 heterocycles. The molecule has 0 saturated heterocycles. The molecule has 1 aromatic heterocycles. The predicted octanol–water partition coefficient (Wildman–Crippen LogP) is 0.831. The average molecular weight is 318 g/mol. The number of nitrogens with zero attached hydrogens (tertiary/aromatic N) is 3. The van der Waals surface area contributed by atoms with Gasteiger partial charge in [-0.2, -0.15) is 5.26 Å². The quantitative estimate of drug-likeness (QED) is 0.267. The number of anilines is 1. The standard InChI is InChI=1S/C15H22N6O2/c1-4-15(2,3)21-14(19-10-16)20-11-5-6-17-12(9-11)13(23)18-7-8-22/h5-6,9,22H,4,7-8H2,1-3H3,(H,18,23)(H2,17,19,20,21). The minimum absolute atomic E-state index is 0.140. The molecule has 1 rings (SSSR count). The Kier molecular flexibility index (Phi) is 6.96. The summed E-state index contributed by atoms with van der Waals surface area (Å²) in [6.07, 6.45) is 4.11. The summed E-state index contributed by atoms with van der Waals surface area (Å²) >= 11 is 0. The molecule has 23 heavy (non-hydrogen) atoms. The first kappa shape index (κ1) is 18.4. The second-order valence-electron chi connectivity index (χ2n) is 5.40. The van der Waals surface area contributed by atoms with Gasteiger partial charge in [-0.3, -0.25) is 15.1 Å². The third-order valence-electron chi connectivity index (χ3n) is 3.11. The fourth-order valence-electron chi connectivity index (χ4n) is 1.55. The predicted molar refractivity (Wildman–Crippen MR) is 87.8 cm³/mol. The van der Waals surface area contributed by atoms with Crippen LogP contribution in [0.1, 0.15) is 37.7 Å². The van der Waals surface area contributed by atoms with Gasteiger partial charge in [0.1, 0.15) is 5.69 Å². The van der Waals surface area contributed by atoms with Gasteiger partial charge in [0.05, 0.1) is 12.1 Å². The summed E-state index contributed by atoms with van der Waals surface area (Å²) in [5.74, 6) is -0.0874. The number of nitrogens with one attached hydrogen (secondary N) is 3. The highest BCUT2D eigenvalue weighted by atomic mass is 16.3. The summed E-state index contributed by atoms with van der Waals surface area (Å²) in [6, 6.07) is 3.20. The average Bonchev–Trinajstić information content (AvgIpc) is 2.52. The molecule has 8 heteroatoms. The molecule has 0 fully saturated rings. The van der Waals surface area contributed by atoms with Gasteiger partial charge in [0.25, 0.3) is 5.91 Å². The highest BCUT2D eigenvalue weighted by molar-refractivity contribution is 5.97. The number of aliphatic hydroxyl groups is 1. The summed E-state index contributed by atoms with van der Waals surface area (Å²) in [5.41, 5.74) is 0.442. The van der Waals surface area contributed by atoms with Crippen molar-refractivity contribution >= 4 is 17.6 Å². The molecule has 0 unspecified atom stereocenters. The maximum absolute atomic E-state index is 11.8. The van der Waals surface area contributed by atoms with Crippen molar-refractivity contribution in [3.8, 4) is 6.19 Å². The lowest BCUT2D eigenvalue weighted by molar-refractivity contribution is 0.0940. The molecule has 0 aliphatic heterocycles. The zero-order valence-corrected chi connectivity index (χ0v) is 13.6. The van der Waals surface area contributed by atoms with Crippen LogP contribution in [0.2, 0.25) is 0 Å². The van der Waals surface area contributed by atoms with Crippen LogP contribution in [0.25, 0.3) is 0 Å². The van der Waals surface area contributed by atoms with Crippen molar-refractivity contribution in [3.05, 3.63) is 24.0 Å². The number of nitriles is 1. The van der Waals surface area contributed by atoms with Gasteiger partial charge < -0.3 is 15.7 Å². The largest absolute Gasteiger partial charge is 0.395 e. The van der Waals surface area contributed by atoms with Gasteiger partial charge in [-0.05, 0) is 32.4 Å². The number of hydrogen-bond donors (Lipinski definition) is 4. The lowest BCUT2D eigenvalue weighted by Crippen LogP contribution is -2.32. The van der Waals surface area contributed by atoms with Crippen LogP contribution in [0.5, 0.6) is 0 Å². The number of pyridine rings is 1. The van der Waals surface area contributed by atoms with E-state index < -0.39 is 0 Å². The Bertz CT molecular complexity index is 606. The Labute approximate surface area is 135 Å². The van der Waals surface area contributed by atoms with E-state index in [2.05, 4.69) is 25.9 Å². The second-order valence-corrected chi connectivity index (χ2v) is 5.40. The molecule has 1 aromatic rings. The number of carbonyl (C=O) groups excluding carboxylic acids is 1. The number of guanidine groups is 1. The fraction of sp³-hybridized carbons (Fsp3) is 0.467. The number of rotatable bonds is 6. The van der Waals surface area contributed by atoms with Gasteiger partial charge in [-0.25, -0.2) is 4.99 Å². The molecule has 0 aliphatic carbocycles. The summed E-state index contributed by atoms with van der Waals surface area (Å²) < 4.78 is 0. The molecule has 0 spiro atoms. The normalized spacial score (nSPS) is 11.5. The van der Waals surface area contributed by atoms with Crippen LogP contribution in [-0.2, 0) is 0 Å². The lowest BCUT2D eigenvalue weighted by Gasteiger charge is -2.19. The van der Waals surface area contributed by atoms with Crippen LogP contribution < -0.4 is 16.0 Å². The molecule has 0 aliphatic rings. The van der Waals surface area contributed by atoms with Crippen molar-refractivity contribution in [2.75, 3.05) is 18.5 Å². The molecule has 1 amide bonds. The van der Waals surface area contributed by atoms with Crippen molar-refractivity contribution < 1.29 is 9.90 Å². The van der Waals surface area contributed by atoms with Crippen molar-refractivity contribution in [1.82, 2.24) is 15.6 Å². The van der Waals surface area contributed by atoms with E-state index in [1.165, 1.54) is 6.20 Å². The molecule has 4 N–H and O–H groups in total. The number of aliphatic hydroxyl groups excluding tert-OH is 1. The van der Waals surface area contributed by atoms with Crippen molar-refractivity contribution in [2.45, 2.75) is 32.7 Å². The zero-order chi connectivity index (χ0) is 17.3. The smallest absolute Gasteiger partial charge is 0.270 e.